The lowest BCUT2D eigenvalue weighted by Crippen LogP contribution is -2.43. The summed E-state index contributed by atoms with van der Waals surface area (Å²) in [5.41, 5.74) is 0. The zero-order valence-electron chi connectivity index (χ0n) is 10.1. The van der Waals surface area contributed by atoms with E-state index in [-0.39, 0.29) is 0 Å². The Balaban J connectivity index is 1.60. The molecule has 0 atom stereocenters. The zero-order chi connectivity index (χ0) is 11.2. The van der Waals surface area contributed by atoms with E-state index in [2.05, 4.69) is 16.3 Å². The summed E-state index contributed by atoms with van der Waals surface area (Å²) in [6, 6.07) is 2.94. The van der Waals surface area contributed by atoms with E-state index in [1.54, 1.807) is 0 Å². The first kappa shape index (κ1) is 11.9. The molecule has 0 radical (unpaired) electrons. The van der Waals surface area contributed by atoms with E-state index in [4.69, 9.17) is 5.26 Å². The van der Waals surface area contributed by atoms with Gasteiger partial charge < -0.3 is 5.32 Å². The van der Waals surface area contributed by atoms with Crippen LogP contribution in [0.15, 0.2) is 0 Å². The molecule has 1 N–H and O–H groups in total. The summed E-state index contributed by atoms with van der Waals surface area (Å²) >= 11 is 0. The van der Waals surface area contributed by atoms with E-state index in [9.17, 15) is 0 Å². The standard InChI is InChI=1S/C13H23N3/c14-7-10-16-8-5-13(6-9-16)15-11-12-3-1-2-4-12/h12-13,15H,1-6,8-11H2. The smallest absolute Gasteiger partial charge is 0.0866 e. The van der Waals surface area contributed by atoms with Crippen LogP contribution in [0.3, 0.4) is 0 Å². The predicted octanol–water partition coefficient (Wildman–Crippen LogP) is 1.75. The number of likely N-dealkylation sites (tertiary alicyclic amines) is 1. The van der Waals surface area contributed by atoms with Gasteiger partial charge in [-0.3, -0.25) is 4.90 Å². The minimum absolute atomic E-state index is 0.606. The van der Waals surface area contributed by atoms with Gasteiger partial charge in [-0.15, -0.1) is 0 Å². The summed E-state index contributed by atoms with van der Waals surface area (Å²) in [7, 11) is 0. The number of nitriles is 1. The van der Waals surface area contributed by atoms with E-state index in [0.717, 1.165) is 19.0 Å². The molecule has 0 bridgehead atoms. The van der Waals surface area contributed by atoms with Crippen LogP contribution in [0, 0.1) is 17.2 Å². The molecular formula is C13H23N3. The molecule has 2 aliphatic rings. The predicted molar refractivity (Wildman–Crippen MR) is 65.0 cm³/mol. The van der Waals surface area contributed by atoms with Gasteiger partial charge in [0, 0.05) is 19.1 Å². The lowest BCUT2D eigenvalue weighted by atomic mass is 10.0. The molecule has 1 aliphatic heterocycles. The Morgan fingerprint density at radius 3 is 2.44 bits per heavy atom. The van der Waals surface area contributed by atoms with Crippen LogP contribution in [0.25, 0.3) is 0 Å². The maximum Gasteiger partial charge on any atom is 0.0866 e. The van der Waals surface area contributed by atoms with Gasteiger partial charge in [0.25, 0.3) is 0 Å². The third-order valence-corrected chi connectivity index (χ3v) is 4.05. The second kappa shape index (κ2) is 6.22. The topological polar surface area (TPSA) is 39.1 Å². The lowest BCUT2D eigenvalue weighted by Gasteiger charge is -2.31. The zero-order valence-corrected chi connectivity index (χ0v) is 10.1. The van der Waals surface area contributed by atoms with Gasteiger partial charge in [-0.25, -0.2) is 0 Å². The second-order valence-electron chi connectivity index (χ2n) is 5.27. The van der Waals surface area contributed by atoms with Crippen molar-refractivity contribution in [2.45, 2.75) is 44.6 Å². The SMILES string of the molecule is N#CCN1CCC(NCC2CCCC2)CC1. The average Bonchev–Trinajstić information content (AvgIpc) is 2.82. The van der Waals surface area contributed by atoms with Gasteiger partial charge in [0.15, 0.2) is 0 Å². The third kappa shape index (κ3) is 3.47. The molecule has 0 spiro atoms. The summed E-state index contributed by atoms with van der Waals surface area (Å²) in [5, 5.41) is 12.3. The number of hydrogen-bond acceptors (Lipinski definition) is 3. The van der Waals surface area contributed by atoms with Crippen LogP contribution in [-0.4, -0.2) is 37.1 Å². The molecule has 2 fully saturated rings. The summed E-state index contributed by atoms with van der Waals surface area (Å²) in [6.07, 6.45) is 8.17. The van der Waals surface area contributed by atoms with Crippen LogP contribution < -0.4 is 5.32 Å². The van der Waals surface area contributed by atoms with Gasteiger partial charge in [0.2, 0.25) is 0 Å². The Bertz CT molecular complexity index is 232. The van der Waals surface area contributed by atoms with Crippen molar-refractivity contribution in [3.8, 4) is 6.07 Å². The van der Waals surface area contributed by atoms with Crippen molar-refractivity contribution in [1.29, 1.82) is 5.26 Å². The maximum atomic E-state index is 8.62. The number of nitrogens with one attached hydrogen (secondary N) is 1. The molecule has 1 saturated heterocycles. The fourth-order valence-electron chi connectivity index (χ4n) is 2.94. The van der Waals surface area contributed by atoms with Gasteiger partial charge in [0.1, 0.15) is 0 Å². The molecule has 3 nitrogen and oxygen atoms in total. The highest BCUT2D eigenvalue weighted by Gasteiger charge is 2.20. The van der Waals surface area contributed by atoms with Gasteiger partial charge in [-0.1, -0.05) is 12.8 Å². The fraction of sp³-hybridized carbons (Fsp3) is 0.923. The van der Waals surface area contributed by atoms with Crippen LogP contribution in [0.2, 0.25) is 0 Å². The van der Waals surface area contributed by atoms with E-state index >= 15 is 0 Å². The molecule has 1 aliphatic carbocycles. The van der Waals surface area contributed by atoms with E-state index in [1.807, 2.05) is 0 Å². The van der Waals surface area contributed by atoms with Crippen LogP contribution in [0.5, 0.6) is 0 Å². The highest BCUT2D eigenvalue weighted by molar-refractivity contribution is 4.83. The molecule has 0 aromatic carbocycles. The molecule has 16 heavy (non-hydrogen) atoms. The number of rotatable bonds is 4. The Hall–Kier alpha value is -0.590. The molecule has 0 amide bonds. The van der Waals surface area contributed by atoms with Gasteiger partial charge in [-0.05, 0) is 38.1 Å². The Morgan fingerprint density at radius 1 is 1.12 bits per heavy atom. The van der Waals surface area contributed by atoms with Crippen LogP contribution >= 0.6 is 0 Å². The van der Waals surface area contributed by atoms with E-state index in [1.165, 1.54) is 45.1 Å². The molecule has 0 aromatic rings. The van der Waals surface area contributed by atoms with Crippen LogP contribution in [0.4, 0.5) is 0 Å². The molecule has 2 rings (SSSR count). The van der Waals surface area contributed by atoms with Gasteiger partial charge >= 0.3 is 0 Å². The summed E-state index contributed by atoms with van der Waals surface area (Å²) in [5.74, 6) is 0.942. The van der Waals surface area contributed by atoms with Crippen molar-refractivity contribution in [2.75, 3.05) is 26.2 Å². The maximum absolute atomic E-state index is 8.62. The van der Waals surface area contributed by atoms with Crippen LogP contribution in [-0.2, 0) is 0 Å². The Labute approximate surface area is 98.8 Å². The first-order valence-electron chi connectivity index (χ1n) is 6.71. The van der Waals surface area contributed by atoms with Crippen molar-refractivity contribution in [3.05, 3.63) is 0 Å². The third-order valence-electron chi connectivity index (χ3n) is 4.05. The quantitative estimate of drug-likeness (QED) is 0.735. The number of piperidine rings is 1. The van der Waals surface area contributed by atoms with E-state index in [0.29, 0.717) is 12.6 Å². The first-order chi connectivity index (χ1) is 7.88. The molecular weight excluding hydrogens is 198 g/mol. The number of hydrogen-bond donors (Lipinski definition) is 1. The average molecular weight is 221 g/mol. The fourth-order valence-corrected chi connectivity index (χ4v) is 2.94. The normalized spacial score (nSPS) is 24.7. The highest BCUT2D eigenvalue weighted by atomic mass is 15.1. The van der Waals surface area contributed by atoms with E-state index < -0.39 is 0 Å². The molecule has 1 saturated carbocycles. The van der Waals surface area contributed by atoms with Crippen molar-refractivity contribution in [3.63, 3.8) is 0 Å². The minimum Gasteiger partial charge on any atom is -0.314 e. The molecule has 90 valence electrons. The Morgan fingerprint density at radius 2 is 1.81 bits per heavy atom. The van der Waals surface area contributed by atoms with Gasteiger partial charge in [0.05, 0.1) is 12.6 Å². The number of nitrogens with zero attached hydrogens (tertiary/aromatic N) is 2. The summed E-state index contributed by atoms with van der Waals surface area (Å²) in [4.78, 5) is 2.26. The van der Waals surface area contributed by atoms with Crippen LogP contribution in [0.1, 0.15) is 38.5 Å². The monoisotopic (exact) mass is 221 g/mol. The first-order valence-corrected chi connectivity index (χ1v) is 6.71. The molecule has 0 aromatic heterocycles. The molecule has 0 unspecified atom stereocenters. The van der Waals surface area contributed by atoms with Gasteiger partial charge in [-0.2, -0.15) is 5.26 Å². The molecule has 1 heterocycles. The second-order valence-corrected chi connectivity index (χ2v) is 5.27. The van der Waals surface area contributed by atoms with Crippen molar-refractivity contribution >= 4 is 0 Å². The lowest BCUT2D eigenvalue weighted by molar-refractivity contribution is 0.213. The minimum atomic E-state index is 0.606. The van der Waals surface area contributed by atoms with Crippen molar-refractivity contribution in [1.82, 2.24) is 10.2 Å². The summed E-state index contributed by atoms with van der Waals surface area (Å²) < 4.78 is 0. The van der Waals surface area contributed by atoms with Crippen molar-refractivity contribution in [2.24, 2.45) is 5.92 Å². The molecule has 3 heteroatoms. The Kier molecular flexibility index (Phi) is 4.62. The highest BCUT2D eigenvalue weighted by Crippen LogP contribution is 2.24. The summed E-state index contributed by atoms with van der Waals surface area (Å²) in [6.45, 7) is 4.02. The largest absolute Gasteiger partial charge is 0.314 e. The van der Waals surface area contributed by atoms with Crippen molar-refractivity contribution < 1.29 is 0 Å².